The molecule has 0 spiro atoms. The van der Waals surface area contributed by atoms with Crippen molar-refractivity contribution in [3.8, 4) is 0 Å². The van der Waals surface area contributed by atoms with Gasteiger partial charge in [-0.1, -0.05) is 24.3 Å². The first-order valence-corrected chi connectivity index (χ1v) is 4.08. The lowest BCUT2D eigenvalue weighted by Gasteiger charge is -2.21. The summed E-state index contributed by atoms with van der Waals surface area (Å²) < 4.78 is 62.2. The van der Waals surface area contributed by atoms with Crippen LogP contribution in [-0.2, 0) is 5.92 Å². The van der Waals surface area contributed by atoms with E-state index < -0.39 is 29.0 Å². The van der Waals surface area contributed by atoms with E-state index in [4.69, 9.17) is 0 Å². The monoisotopic (exact) mass is 237 g/mol. The lowest BCUT2D eigenvalue weighted by Crippen LogP contribution is -2.35. The van der Waals surface area contributed by atoms with Gasteiger partial charge < -0.3 is 0 Å². The molecule has 0 atom stereocenters. The molecule has 1 aromatic carbocycles. The summed E-state index contributed by atoms with van der Waals surface area (Å²) in [5.74, 6) is -6.14. The number of rotatable bonds is 2. The predicted molar refractivity (Wildman–Crippen MR) is 46.1 cm³/mol. The Morgan fingerprint density at radius 2 is 1.56 bits per heavy atom. The first-order valence-electron chi connectivity index (χ1n) is 4.08. The van der Waals surface area contributed by atoms with Crippen LogP contribution in [0.25, 0.3) is 0 Å². The molecule has 1 aromatic rings. The minimum absolute atomic E-state index is 0.561. The summed E-state index contributed by atoms with van der Waals surface area (Å²) in [6.45, 7) is 2.83. The first kappa shape index (κ1) is 12.6. The van der Waals surface area contributed by atoms with Crippen LogP contribution in [0.4, 0.5) is 22.0 Å². The van der Waals surface area contributed by atoms with Crippen LogP contribution in [-0.4, -0.2) is 12.0 Å². The Morgan fingerprint density at radius 3 is 2.00 bits per heavy atom. The van der Waals surface area contributed by atoms with E-state index >= 15 is 0 Å². The maximum absolute atomic E-state index is 13.0. The zero-order valence-corrected chi connectivity index (χ0v) is 7.81. The van der Waals surface area contributed by atoms with Crippen LogP contribution in [0.15, 0.2) is 24.3 Å². The number of hydrogen-bond acceptors (Lipinski definition) is 1. The van der Waals surface area contributed by atoms with Gasteiger partial charge in [0.25, 0.3) is 0 Å². The molecule has 0 saturated carbocycles. The Bertz CT molecular complexity index is 408. The van der Waals surface area contributed by atoms with E-state index in [1.54, 1.807) is 0 Å². The number of benzene rings is 1. The fourth-order valence-electron chi connectivity index (χ4n) is 1.15. The molecule has 16 heavy (non-hydrogen) atoms. The van der Waals surface area contributed by atoms with Gasteiger partial charge in [-0.05, 0) is 0 Å². The zero-order valence-electron chi connectivity index (χ0n) is 7.81. The summed E-state index contributed by atoms with van der Waals surface area (Å²) in [6.07, 6.45) is -5.74. The maximum Gasteiger partial charge on any atom is 0.458 e. The second kappa shape index (κ2) is 3.84. The van der Waals surface area contributed by atoms with Gasteiger partial charge in [0.2, 0.25) is 0 Å². The molecule has 1 radical (unpaired) electrons. The van der Waals surface area contributed by atoms with Gasteiger partial charge in [-0.3, -0.25) is 4.79 Å². The molecule has 1 rings (SSSR count). The molecule has 0 saturated heterocycles. The molecular formula is C10H6F5O. The smallest absolute Gasteiger partial charge is 0.294 e. The van der Waals surface area contributed by atoms with Gasteiger partial charge in [0, 0.05) is 18.1 Å². The Kier molecular flexibility index (Phi) is 3.03. The van der Waals surface area contributed by atoms with Crippen molar-refractivity contribution in [1.82, 2.24) is 0 Å². The quantitative estimate of drug-likeness (QED) is 0.569. The lowest BCUT2D eigenvalue weighted by molar-refractivity contribution is -0.289. The predicted octanol–water partition coefficient (Wildman–Crippen LogP) is 3.36. The van der Waals surface area contributed by atoms with Gasteiger partial charge in [0.05, 0.1) is 0 Å². The highest BCUT2D eigenvalue weighted by molar-refractivity contribution is 6.00. The molecule has 0 N–H and O–H groups in total. The zero-order chi connectivity index (χ0) is 12.6. The second-order valence-corrected chi connectivity index (χ2v) is 3.04. The number of Topliss-reactive ketones (excluding diaryl/α,β-unsaturated/α-hetero) is 1. The third kappa shape index (κ3) is 2.05. The normalized spacial score (nSPS) is 12.6. The number of carbonyl (C=O) groups excluding carboxylic acids is 1. The Hall–Kier alpha value is -1.46. The third-order valence-corrected chi connectivity index (χ3v) is 1.92. The second-order valence-electron chi connectivity index (χ2n) is 3.04. The first-order chi connectivity index (χ1) is 7.18. The minimum Gasteiger partial charge on any atom is -0.294 e. The third-order valence-electron chi connectivity index (χ3n) is 1.92. The molecule has 0 aliphatic carbocycles. The molecule has 1 nitrogen and oxygen atoms in total. The summed E-state index contributed by atoms with van der Waals surface area (Å²) in [4.78, 5) is 10.8. The highest BCUT2D eigenvalue weighted by Gasteiger charge is 2.59. The fourth-order valence-corrected chi connectivity index (χ4v) is 1.15. The summed E-state index contributed by atoms with van der Waals surface area (Å²) >= 11 is 0. The number of ketones is 1. The number of carbonyl (C=O) groups is 1. The van der Waals surface area contributed by atoms with E-state index in [9.17, 15) is 26.7 Å². The van der Waals surface area contributed by atoms with E-state index in [1.807, 2.05) is 0 Å². The average Bonchev–Trinajstić information content (AvgIpc) is 2.16. The summed E-state index contributed by atoms with van der Waals surface area (Å²) in [5.41, 5.74) is -2.10. The van der Waals surface area contributed by atoms with Crippen molar-refractivity contribution in [2.75, 3.05) is 0 Å². The van der Waals surface area contributed by atoms with Crippen molar-refractivity contribution in [3.63, 3.8) is 0 Å². The molecule has 0 aliphatic rings. The summed E-state index contributed by atoms with van der Waals surface area (Å²) in [7, 11) is 0. The van der Waals surface area contributed by atoms with E-state index in [1.165, 1.54) is 6.07 Å². The highest BCUT2D eigenvalue weighted by atomic mass is 19.4. The van der Waals surface area contributed by atoms with Crippen LogP contribution in [0, 0.1) is 6.92 Å². The molecule has 0 aromatic heterocycles. The van der Waals surface area contributed by atoms with Crippen LogP contribution in [0.5, 0.6) is 0 Å². The Balaban J connectivity index is 3.39. The Morgan fingerprint density at radius 1 is 1.06 bits per heavy atom. The van der Waals surface area contributed by atoms with Gasteiger partial charge in [-0.25, -0.2) is 0 Å². The lowest BCUT2D eigenvalue weighted by atomic mass is 9.99. The van der Waals surface area contributed by atoms with Crippen molar-refractivity contribution < 1.29 is 26.7 Å². The average molecular weight is 237 g/mol. The van der Waals surface area contributed by atoms with Gasteiger partial charge in [-0.15, -0.1) is 0 Å². The van der Waals surface area contributed by atoms with Crippen molar-refractivity contribution >= 4 is 5.78 Å². The SMILES string of the molecule is [CH2]C(=O)c1ccccc1C(F)(F)C(F)(F)F. The van der Waals surface area contributed by atoms with E-state index in [0.29, 0.717) is 6.07 Å². The molecule has 0 bridgehead atoms. The molecule has 0 aliphatic heterocycles. The topological polar surface area (TPSA) is 17.1 Å². The van der Waals surface area contributed by atoms with Gasteiger partial charge in [0.15, 0.2) is 5.78 Å². The standard InChI is InChI=1S/C10H6F5O/c1-6(16)7-4-2-3-5-8(7)9(11,12)10(13,14)15/h2-5H,1H2. The molecule has 0 heterocycles. The maximum atomic E-state index is 13.0. The van der Waals surface area contributed by atoms with Crippen LogP contribution < -0.4 is 0 Å². The minimum atomic E-state index is -5.74. The van der Waals surface area contributed by atoms with Gasteiger partial charge >= 0.3 is 12.1 Å². The highest BCUT2D eigenvalue weighted by Crippen LogP contribution is 2.44. The number of halogens is 5. The number of hydrogen-bond donors (Lipinski definition) is 0. The van der Waals surface area contributed by atoms with Crippen molar-refractivity contribution in [3.05, 3.63) is 42.3 Å². The van der Waals surface area contributed by atoms with Crippen molar-refractivity contribution in [1.29, 1.82) is 0 Å². The van der Waals surface area contributed by atoms with E-state index in [2.05, 4.69) is 6.92 Å². The van der Waals surface area contributed by atoms with E-state index in [0.717, 1.165) is 12.1 Å². The van der Waals surface area contributed by atoms with Gasteiger partial charge in [0.1, 0.15) is 0 Å². The fraction of sp³-hybridized carbons (Fsp3) is 0.200. The molecule has 0 fully saturated rings. The van der Waals surface area contributed by atoms with Crippen molar-refractivity contribution in [2.45, 2.75) is 12.1 Å². The number of alkyl halides is 5. The molecule has 6 heteroatoms. The Labute approximate surface area is 87.9 Å². The van der Waals surface area contributed by atoms with Crippen molar-refractivity contribution in [2.24, 2.45) is 0 Å². The van der Waals surface area contributed by atoms with Gasteiger partial charge in [-0.2, -0.15) is 22.0 Å². The van der Waals surface area contributed by atoms with Crippen LogP contribution in [0.3, 0.4) is 0 Å². The van der Waals surface area contributed by atoms with Crippen LogP contribution >= 0.6 is 0 Å². The van der Waals surface area contributed by atoms with E-state index in [-0.39, 0.29) is 0 Å². The largest absolute Gasteiger partial charge is 0.458 e. The summed E-state index contributed by atoms with van der Waals surface area (Å²) in [5, 5.41) is 0. The summed E-state index contributed by atoms with van der Waals surface area (Å²) in [6, 6.07) is 3.63. The molecule has 0 unspecified atom stereocenters. The molecular weight excluding hydrogens is 231 g/mol. The molecule has 87 valence electrons. The van der Waals surface area contributed by atoms with Crippen LogP contribution in [0.1, 0.15) is 15.9 Å². The molecule has 0 amide bonds. The van der Waals surface area contributed by atoms with Crippen LogP contribution in [0.2, 0.25) is 0 Å².